The molecule has 7 heteroatoms. The molecule has 2 aromatic rings. The van der Waals surface area contributed by atoms with Crippen molar-refractivity contribution in [3.05, 3.63) is 66.0 Å². The third-order valence-electron chi connectivity index (χ3n) is 3.68. The zero-order valence-corrected chi connectivity index (χ0v) is 15.5. The quantitative estimate of drug-likeness (QED) is 0.490. The number of rotatable bonds is 8. The first kappa shape index (κ1) is 20.2. The van der Waals surface area contributed by atoms with Crippen LogP contribution in [0, 0.1) is 5.82 Å². The fourth-order valence-corrected chi connectivity index (χ4v) is 2.27. The van der Waals surface area contributed by atoms with Crippen molar-refractivity contribution in [2.24, 2.45) is 4.99 Å². The summed E-state index contributed by atoms with van der Waals surface area (Å²) in [4.78, 5) is 16.0. The minimum Gasteiger partial charge on any atom is -0.489 e. The van der Waals surface area contributed by atoms with Crippen LogP contribution in [0.25, 0.3) is 0 Å². The molecule has 0 aliphatic heterocycles. The number of nitrogens with one attached hydrogen (secondary N) is 3. The van der Waals surface area contributed by atoms with Gasteiger partial charge in [0.2, 0.25) is 5.91 Å². The van der Waals surface area contributed by atoms with Gasteiger partial charge in [-0.05, 0) is 36.8 Å². The van der Waals surface area contributed by atoms with Gasteiger partial charge in [0, 0.05) is 13.6 Å². The van der Waals surface area contributed by atoms with E-state index >= 15 is 0 Å². The number of hydrogen-bond acceptors (Lipinski definition) is 3. The molecule has 1 unspecified atom stereocenters. The normalized spacial score (nSPS) is 12.2. The van der Waals surface area contributed by atoms with Crippen molar-refractivity contribution >= 4 is 11.9 Å². The highest BCUT2D eigenvalue weighted by Crippen LogP contribution is 2.12. The molecule has 0 saturated carbocycles. The Morgan fingerprint density at radius 2 is 1.78 bits per heavy atom. The first-order valence-corrected chi connectivity index (χ1v) is 8.74. The molecule has 0 fully saturated rings. The average Bonchev–Trinajstić information content (AvgIpc) is 2.69. The van der Waals surface area contributed by atoms with Crippen molar-refractivity contribution in [3.8, 4) is 5.75 Å². The number of guanidine groups is 1. The van der Waals surface area contributed by atoms with Crippen molar-refractivity contribution in [1.29, 1.82) is 0 Å². The summed E-state index contributed by atoms with van der Waals surface area (Å²) in [5.41, 5.74) is 1.04. The molecule has 2 rings (SSSR count). The zero-order valence-electron chi connectivity index (χ0n) is 15.5. The molecule has 0 heterocycles. The summed E-state index contributed by atoms with van der Waals surface area (Å²) in [6.07, 6.45) is -0.166. The van der Waals surface area contributed by atoms with E-state index in [1.807, 2.05) is 37.3 Å². The number of aliphatic imine (C=N–C) groups is 1. The van der Waals surface area contributed by atoms with Crippen LogP contribution in [0.1, 0.15) is 12.5 Å². The van der Waals surface area contributed by atoms with E-state index in [0.29, 0.717) is 24.8 Å². The summed E-state index contributed by atoms with van der Waals surface area (Å²) in [5, 5.41) is 8.88. The molecule has 1 atom stereocenters. The van der Waals surface area contributed by atoms with Gasteiger partial charge < -0.3 is 20.7 Å². The highest BCUT2D eigenvalue weighted by molar-refractivity contribution is 5.86. The molecular formula is C20H25FN4O2. The van der Waals surface area contributed by atoms with Gasteiger partial charge in [-0.1, -0.05) is 30.3 Å². The van der Waals surface area contributed by atoms with Crippen molar-refractivity contribution in [2.45, 2.75) is 19.6 Å². The first-order chi connectivity index (χ1) is 13.1. The Hall–Kier alpha value is -3.09. The van der Waals surface area contributed by atoms with E-state index in [2.05, 4.69) is 20.9 Å². The van der Waals surface area contributed by atoms with E-state index in [1.54, 1.807) is 19.2 Å². The Labute approximate surface area is 158 Å². The maximum Gasteiger partial charge on any atom is 0.239 e. The van der Waals surface area contributed by atoms with Crippen molar-refractivity contribution in [3.63, 3.8) is 0 Å². The molecule has 1 amide bonds. The lowest BCUT2D eigenvalue weighted by Crippen LogP contribution is -2.45. The summed E-state index contributed by atoms with van der Waals surface area (Å²) in [6, 6.07) is 15.6. The third-order valence-corrected chi connectivity index (χ3v) is 3.68. The Balaban J connectivity index is 1.67. The van der Waals surface area contributed by atoms with Crippen LogP contribution in [0.3, 0.4) is 0 Å². The number of ether oxygens (including phenoxy) is 1. The second-order valence-corrected chi connectivity index (χ2v) is 5.95. The molecule has 0 radical (unpaired) electrons. The molecule has 0 aromatic heterocycles. The predicted molar refractivity (Wildman–Crippen MR) is 104 cm³/mol. The number of amides is 1. The lowest BCUT2D eigenvalue weighted by atomic mass is 10.2. The number of carbonyl (C=O) groups is 1. The van der Waals surface area contributed by atoms with Gasteiger partial charge in [-0.3, -0.25) is 9.79 Å². The van der Waals surface area contributed by atoms with Gasteiger partial charge in [0.1, 0.15) is 17.7 Å². The van der Waals surface area contributed by atoms with E-state index in [1.165, 1.54) is 12.1 Å². The molecule has 3 N–H and O–H groups in total. The van der Waals surface area contributed by atoms with Gasteiger partial charge in [-0.15, -0.1) is 0 Å². The number of hydrogen-bond donors (Lipinski definition) is 3. The zero-order chi connectivity index (χ0) is 19.5. The van der Waals surface area contributed by atoms with Gasteiger partial charge in [-0.25, -0.2) is 4.39 Å². The van der Waals surface area contributed by atoms with Crippen LogP contribution in [-0.2, 0) is 11.3 Å². The summed E-state index contributed by atoms with van der Waals surface area (Å²) >= 11 is 0. The topological polar surface area (TPSA) is 74.8 Å². The van der Waals surface area contributed by atoms with Gasteiger partial charge in [0.05, 0.1) is 13.1 Å². The SMILES string of the molecule is CN=C(NCC(=O)NCc1ccccc1)NCC(C)Oc1ccc(F)cc1. The maximum absolute atomic E-state index is 12.9. The Morgan fingerprint density at radius 1 is 1.07 bits per heavy atom. The van der Waals surface area contributed by atoms with E-state index in [9.17, 15) is 9.18 Å². The van der Waals surface area contributed by atoms with Crippen LogP contribution in [0.2, 0.25) is 0 Å². The molecule has 6 nitrogen and oxygen atoms in total. The second kappa shape index (κ2) is 10.8. The van der Waals surface area contributed by atoms with Gasteiger partial charge >= 0.3 is 0 Å². The molecule has 0 saturated heterocycles. The molecule has 144 valence electrons. The molecule has 0 aliphatic rings. The van der Waals surface area contributed by atoms with Crippen molar-refractivity contribution < 1.29 is 13.9 Å². The highest BCUT2D eigenvalue weighted by Gasteiger charge is 2.07. The van der Waals surface area contributed by atoms with E-state index in [-0.39, 0.29) is 24.4 Å². The van der Waals surface area contributed by atoms with Gasteiger partial charge in [0.15, 0.2) is 5.96 Å². The van der Waals surface area contributed by atoms with Gasteiger partial charge in [0.25, 0.3) is 0 Å². The Bertz CT molecular complexity index is 735. The number of nitrogens with zero attached hydrogens (tertiary/aromatic N) is 1. The smallest absolute Gasteiger partial charge is 0.239 e. The van der Waals surface area contributed by atoms with Crippen LogP contribution in [0.15, 0.2) is 59.6 Å². The largest absolute Gasteiger partial charge is 0.489 e. The summed E-state index contributed by atoms with van der Waals surface area (Å²) in [5.74, 6) is 0.661. The standard InChI is InChI=1S/C20H25FN4O2/c1-15(27-18-10-8-17(21)9-11-18)12-24-20(22-2)25-14-19(26)23-13-16-6-4-3-5-7-16/h3-11,15H,12-14H2,1-2H3,(H,23,26)(H2,22,24,25). The molecule has 0 spiro atoms. The molecule has 27 heavy (non-hydrogen) atoms. The Morgan fingerprint density at radius 3 is 2.44 bits per heavy atom. The highest BCUT2D eigenvalue weighted by atomic mass is 19.1. The van der Waals surface area contributed by atoms with Crippen LogP contribution in [0.4, 0.5) is 4.39 Å². The van der Waals surface area contributed by atoms with E-state index in [0.717, 1.165) is 5.56 Å². The molecule has 0 aliphatic carbocycles. The summed E-state index contributed by atoms with van der Waals surface area (Å²) in [7, 11) is 1.63. The van der Waals surface area contributed by atoms with Crippen LogP contribution in [0.5, 0.6) is 5.75 Å². The number of benzene rings is 2. The lowest BCUT2D eigenvalue weighted by molar-refractivity contribution is -0.120. The molecule has 2 aromatic carbocycles. The average molecular weight is 372 g/mol. The predicted octanol–water partition coefficient (Wildman–Crippen LogP) is 2.07. The fraction of sp³-hybridized carbons (Fsp3) is 0.300. The lowest BCUT2D eigenvalue weighted by Gasteiger charge is -2.17. The minimum atomic E-state index is -0.303. The summed E-state index contributed by atoms with van der Waals surface area (Å²) < 4.78 is 18.6. The van der Waals surface area contributed by atoms with E-state index in [4.69, 9.17) is 4.74 Å². The minimum absolute atomic E-state index is 0.111. The van der Waals surface area contributed by atoms with Crippen molar-refractivity contribution in [1.82, 2.24) is 16.0 Å². The third kappa shape index (κ3) is 7.77. The number of halogens is 1. The number of carbonyl (C=O) groups excluding carboxylic acids is 1. The first-order valence-electron chi connectivity index (χ1n) is 8.74. The van der Waals surface area contributed by atoms with Crippen LogP contribution >= 0.6 is 0 Å². The fourth-order valence-electron chi connectivity index (χ4n) is 2.27. The van der Waals surface area contributed by atoms with E-state index < -0.39 is 0 Å². The monoisotopic (exact) mass is 372 g/mol. The van der Waals surface area contributed by atoms with Crippen LogP contribution in [-0.4, -0.2) is 38.1 Å². The second-order valence-electron chi connectivity index (χ2n) is 5.95. The summed E-state index contributed by atoms with van der Waals surface area (Å²) in [6.45, 7) is 2.95. The maximum atomic E-state index is 12.9. The molecule has 0 bridgehead atoms. The van der Waals surface area contributed by atoms with Crippen LogP contribution < -0.4 is 20.7 Å². The van der Waals surface area contributed by atoms with Crippen molar-refractivity contribution in [2.75, 3.05) is 20.1 Å². The Kier molecular flexibility index (Phi) is 8.09. The molecular weight excluding hydrogens is 347 g/mol. The van der Waals surface area contributed by atoms with Gasteiger partial charge in [-0.2, -0.15) is 0 Å².